The van der Waals surface area contributed by atoms with Crippen molar-refractivity contribution in [2.24, 2.45) is 17.5 Å². The highest BCUT2D eigenvalue weighted by molar-refractivity contribution is 6.09. The minimum Gasteiger partial charge on any atom is -0.328 e. The van der Waals surface area contributed by atoms with Crippen molar-refractivity contribution in [3.63, 3.8) is 0 Å². The summed E-state index contributed by atoms with van der Waals surface area (Å²) in [6.07, 6.45) is 6.93. The third-order valence-electron chi connectivity index (χ3n) is 6.23. The maximum atomic E-state index is 13.1. The molecular weight excluding hydrogens is 400 g/mol. The predicted octanol–water partition coefficient (Wildman–Crippen LogP) is 3.96. The van der Waals surface area contributed by atoms with E-state index in [9.17, 15) is 4.79 Å². The van der Waals surface area contributed by atoms with Gasteiger partial charge < -0.3 is 10.7 Å². The molecule has 164 valence electrons. The molecule has 3 aromatic rings. The average Bonchev–Trinajstić information content (AvgIpc) is 2.82. The summed E-state index contributed by atoms with van der Waals surface area (Å²) in [5.41, 5.74) is 10.3. The van der Waals surface area contributed by atoms with E-state index in [0.29, 0.717) is 11.3 Å². The Kier molecular flexibility index (Phi) is 6.17. The van der Waals surface area contributed by atoms with Crippen molar-refractivity contribution in [3.8, 4) is 17.2 Å². The molecule has 4 rings (SSSR count). The molecule has 1 aliphatic rings. The fraction of sp³-hybridized carbons (Fsp3) is 0.360. The first-order valence-electron chi connectivity index (χ1n) is 11.0. The number of benzene rings is 1. The van der Waals surface area contributed by atoms with Gasteiger partial charge in [-0.3, -0.25) is 9.78 Å². The number of nitrogens with two attached hydrogens (primary N) is 2. The first kappa shape index (κ1) is 21.9. The maximum absolute atomic E-state index is 13.1. The molecule has 0 unspecified atom stereocenters. The van der Waals surface area contributed by atoms with Gasteiger partial charge in [-0.25, -0.2) is 10.8 Å². The molecule has 0 atom stereocenters. The number of aromatic nitrogens is 2. The molecule has 0 bridgehead atoms. The molecule has 1 saturated carbocycles. The predicted molar refractivity (Wildman–Crippen MR) is 126 cm³/mol. The molecule has 0 radical (unpaired) electrons. The Morgan fingerprint density at radius 2 is 1.81 bits per heavy atom. The fourth-order valence-corrected chi connectivity index (χ4v) is 4.32. The number of rotatable bonds is 5. The molecule has 0 spiro atoms. The van der Waals surface area contributed by atoms with Crippen molar-refractivity contribution in [2.75, 3.05) is 5.01 Å². The van der Waals surface area contributed by atoms with Crippen molar-refractivity contribution in [1.82, 2.24) is 9.97 Å². The second kappa shape index (κ2) is 9.03. The highest BCUT2D eigenvalue weighted by Crippen LogP contribution is 2.36. The van der Waals surface area contributed by atoms with Crippen molar-refractivity contribution >= 4 is 22.4 Å². The molecule has 0 saturated heterocycles. The molecule has 2 heterocycles. The minimum absolute atomic E-state index is 0.0165. The first-order valence-corrected chi connectivity index (χ1v) is 11.0. The Hall–Kier alpha value is -3.34. The number of nitrogens with zero attached hydrogens (tertiary/aromatic N) is 4. The van der Waals surface area contributed by atoms with Crippen LogP contribution in [-0.2, 0) is 0 Å². The van der Waals surface area contributed by atoms with Gasteiger partial charge in [0.1, 0.15) is 11.8 Å². The zero-order valence-corrected chi connectivity index (χ0v) is 18.5. The zero-order valence-electron chi connectivity index (χ0n) is 18.5. The van der Waals surface area contributed by atoms with Crippen molar-refractivity contribution in [3.05, 3.63) is 54.0 Å². The number of hydrazine groups is 1. The molecule has 7 heteroatoms. The molecule has 7 nitrogen and oxygen atoms in total. The summed E-state index contributed by atoms with van der Waals surface area (Å²) < 4.78 is 0. The van der Waals surface area contributed by atoms with Crippen LogP contribution in [0.2, 0.25) is 0 Å². The Morgan fingerprint density at radius 3 is 2.44 bits per heavy atom. The third kappa shape index (κ3) is 4.20. The summed E-state index contributed by atoms with van der Waals surface area (Å²) in [7, 11) is 0. The molecule has 4 N–H and O–H groups in total. The average molecular weight is 429 g/mol. The largest absolute Gasteiger partial charge is 0.328 e. The number of carbonyl (C=O) groups is 1. The SMILES string of the molecule is CC(C)C(=O)c1cnc2ccc(-c3ccc(C#N)nc3)cc2c1N(N)C1CCC(N)CC1. The number of nitriles is 1. The summed E-state index contributed by atoms with van der Waals surface area (Å²) in [6, 6.07) is 11.8. The third-order valence-corrected chi connectivity index (χ3v) is 6.23. The van der Waals surface area contributed by atoms with E-state index in [1.165, 1.54) is 0 Å². The first-order chi connectivity index (χ1) is 15.4. The summed E-state index contributed by atoms with van der Waals surface area (Å²) in [5, 5.41) is 11.6. The van der Waals surface area contributed by atoms with Gasteiger partial charge in [0.15, 0.2) is 5.78 Å². The summed E-state index contributed by atoms with van der Waals surface area (Å²) >= 11 is 0. The number of carbonyl (C=O) groups excluding carboxylic acids is 1. The summed E-state index contributed by atoms with van der Waals surface area (Å²) in [4.78, 5) is 21.8. The van der Waals surface area contributed by atoms with E-state index in [-0.39, 0.29) is 23.8 Å². The van der Waals surface area contributed by atoms with Crippen LogP contribution in [0.5, 0.6) is 0 Å². The van der Waals surface area contributed by atoms with E-state index in [4.69, 9.17) is 16.8 Å². The van der Waals surface area contributed by atoms with Gasteiger partial charge in [0, 0.05) is 41.3 Å². The van der Waals surface area contributed by atoms with Crippen LogP contribution in [0.4, 0.5) is 5.69 Å². The number of hydrogen-bond acceptors (Lipinski definition) is 7. The minimum atomic E-state index is -0.174. The fourth-order valence-electron chi connectivity index (χ4n) is 4.32. The maximum Gasteiger partial charge on any atom is 0.169 e. The van der Waals surface area contributed by atoms with Gasteiger partial charge in [-0.05, 0) is 55.5 Å². The van der Waals surface area contributed by atoms with Crippen LogP contribution < -0.4 is 16.6 Å². The molecule has 1 aliphatic carbocycles. The lowest BCUT2D eigenvalue weighted by atomic mass is 9.90. The van der Waals surface area contributed by atoms with E-state index in [1.54, 1.807) is 23.5 Å². The monoisotopic (exact) mass is 428 g/mol. The lowest BCUT2D eigenvalue weighted by Crippen LogP contribution is -2.46. The van der Waals surface area contributed by atoms with Gasteiger partial charge in [0.2, 0.25) is 0 Å². The molecule has 2 aromatic heterocycles. The van der Waals surface area contributed by atoms with Crippen molar-refractivity contribution in [2.45, 2.75) is 51.6 Å². The van der Waals surface area contributed by atoms with Crippen LogP contribution in [0.25, 0.3) is 22.0 Å². The van der Waals surface area contributed by atoms with Gasteiger partial charge in [-0.1, -0.05) is 19.9 Å². The van der Waals surface area contributed by atoms with Gasteiger partial charge in [0.25, 0.3) is 0 Å². The summed E-state index contributed by atoms with van der Waals surface area (Å²) in [6.45, 7) is 3.77. The number of anilines is 1. The number of Topliss-reactive ketones (excluding diaryl/α,β-unsaturated/α-hetero) is 1. The number of fused-ring (bicyclic) bond motifs is 1. The van der Waals surface area contributed by atoms with E-state index in [2.05, 4.69) is 9.97 Å². The number of hydrogen-bond donors (Lipinski definition) is 2. The number of pyridine rings is 2. The summed E-state index contributed by atoms with van der Waals surface area (Å²) in [5.74, 6) is 6.55. The van der Waals surface area contributed by atoms with Crippen LogP contribution in [0.1, 0.15) is 55.6 Å². The molecule has 1 aromatic carbocycles. The normalized spacial score (nSPS) is 18.5. The lowest BCUT2D eigenvalue weighted by molar-refractivity contribution is 0.0939. The van der Waals surface area contributed by atoms with E-state index >= 15 is 0 Å². The van der Waals surface area contributed by atoms with Crippen LogP contribution in [0.15, 0.2) is 42.7 Å². The van der Waals surface area contributed by atoms with Crippen LogP contribution in [0.3, 0.4) is 0 Å². The van der Waals surface area contributed by atoms with Gasteiger partial charge >= 0.3 is 0 Å². The van der Waals surface area contributed by atoms with Crippen LogP contribution in [0, 0.1) is 17.2 Å². The zero-order chi connectivity index (χ0) is 22.8. The van der Waals surface area contributed by atoms with Crippen LogP contribution >= 0.6 is 0 Å². The standard InChI is InChI=1S/C25H28N6O/c1-15(2)25(32)22-14-30-23-10-4-16(17-3-7-19(12-26)29-13-17)11-21(23)24(22)31(28)20-8-5-18(27)6-9-20/h3-4,7,10-11,13-15,18,20H,5-6,8-9,27-28H2,1-2H3. The quantitative estimate of drug-likeness (QED) is 0.358. The topological polar surface area (TPSA) is 122 Å². The highest BCUT2D eigenvalue weighted by Gasteiger charge is 2.28. The number of ketones is 1. The Balaban J connectivity index is 1.86. The van der Waals surface area contributed by atoms with E-state index in [1.807, 2.05) is 44.2 Å². The van der Waals surface area contributed by atoms with Crippen LogP contribution in [-0.4, -0.2) is 27.8 Å². The van der Waals surface area contributed by atoms with Crippen molar-refractivity contribution < 1.29 is 4.79 Å². The molecule has 0 amide bonds. The van der Waals surface area contributed by atoms with Gasteiger partial charge in [-0.15, -0.1) is 0 Å². The van der Waals surface area contributed by atoms with E-state index < -0.39 is 0 Å². The Labute approximate surface area is 188 Å². The molecule has 1 fully saturated rings. The second-order valence-corrected chi connectivity index (χ2v) is 8.79. The molecule has 32 heavy (non-hydrogen) atoms. The Bertz CT molecular complexity index is 1170. The molecule has 0 aliphatic heterocycles. The van der Waals surface area contributed by atoms with E-state index in [0.717, 1.165) is 53.4 Å². The van der Waals surface area contributed by atoms with Gasteiger partial charge in [-0.2, -0.15) is 5.26 Å². The highest BCUT2D eigenvalue weighted by atomic mass is 16.1. The molecular formula is C25H28N6O. The van der Waals surface area contributed by atoms with Crippen molar-refractivity contribution in [1.29, 1.82) is 5.26 Å². The lowest BCUT2D eigenvalue weighted by Gasteiger charge is -2.35. The smallest absolute Gasteiger partial charge is 0.169 e. The second-order valence-electron chi connectivity index (χ2n) is 8.79. The van der Waals surface area contributed by atoms with Gasteiger partial charge in [0.05, 0.1) is 16.8 Å². The Morgan fingerprint density at radius 1 is 1.09 bits per heavy atom.